The largest absolute Gasteiger partial charge is 0.453 e. The van der Waals surface area contributed by atoms with E-state index in [9.17, 15) is 17.6 Å². The van der Waals surface area contributed by atoms with E-state index in [1.807, 2.05) is 6.92 Å². The lowest BCUT2D eigenvalue weighted by Gasteiger charge is -2.30. The van der Waals surface area contributed by atoms with Crippen molar-refractivity contribution < 1.29 is 22.3 Å². The highest BCUT2D eigenvalue weighted by Gasteiger charge is 2.30. The van der Waals surface area contributed by atoms with E-state index in [1.165, 1.54) is 22.6 Å². The molecule has 0 radical (unpaired) electrons. The zero-order valence-corrected chi connectivity index (χ0v) is 18.4. The molecule has 0 aliphatic carbocycles. The van der Waals surface area contributed by atoms with Crippen LogP contribution in [0.15, 0.2) is 42.7 Å². The fourth-order valence-electron chi connectivity index (χ4n) is 3.46. The van der Waals surface area contributed by atoms with Crippen molar-refractivity contribution in [3.8, 4) is 11.5 Å². The van der Waals surface area contributed by atoms with Gasteiger partial charge in [-0.05, 0) is 49.1 Å². The molecule has 0 spiro atoms. The number of unbranched alkanes of at least 4 members (excludes halogenated alkanes) is 1. The zero-order valence-electron chi connectivity index (χ0n) is 17.6. The predicted molar refractivity (Wildman–Crippen MR) is 116 cm³/mol. The normalized spacial score (nSPS) is 15.5. The molecular weight excluding hydrogens is 421 g/mol. The number of ether oxygens (including phenoxy) is 1. The van der Waals surface area contributed by atoms with Gasteiger partial charge in [0.15, 0.2) is 11.6 Å². The van der Waals surface area contributed by atoms with Crippen molar-refractivity contribution in [2.24, 2.45) is 5.92 Å². The minimum atomic E-state index is -3.24. The smallest absolute Gasteiger partial charge is 0.223 e. The lowest BCUT2D eigenvalue weighted by molar-refractivity contribution is -0.126. The number of aromatic nitrogens is 1. The molecule has 31 heavy (non-hydrogen) atoms. The average molecular weight is 450 g/mol. The van der Waals surface area contributed by atoms with Crippen LogP contribution in [0, 0.1) is 11.7 Å². The number of halogens is 1. The van der Waals surface area contributed by atoms with E-state index in [0.717, 1.165) is 6.42 Å². The molecule has 1 N–H and O–H groups in total. The molecule has 3 rings (SSSR count). The minimum Gasteiger partial charge on any atom is -0.453 e. The van der Waals surface area contributed by atoms with Gasteiger partial charge in [0.1, 0.15) is 5.75 Å². The Hall–Kier alpha value is -2.52. The van der Waals surface area contributed by atoms with Gasteiger partial charge in [-0.15, -0.1) is 0 Å². The number of carbonyl (C=O) groups excluding carboxylic acids is 1. The molecule has 1 fully saturated rings. The Morgan fingerprint density at radius 3 is 2.71 bits per heavy atom. The number of benzene rings is 1. The first-order valence-electron chi connectivity index (χ1n) is 10.5. The number of amides is 1. The third kappa shape index (κ3) is 6.48. The van der Waals surface area contributed by atoms with E-state index in [2.05, 4.69) is 10.3 Å². The lowest BCUT2D eigenvalue weighted by atomic mass is 9.97. The average Bonchev–Trinajstić information content (AvgIpc) is 2.78. The van der Waals surface area contributed by atoms with E-state index in [0.29, 0.717) is 43.7 Å². The van der Waals surface area contributed by atoms with Crippen LogP contribution >= 0.6 is 0 Å². The summed E-state index contributed by atoms with van der Waals surface area (Å²) in [7, 11) is -3.24. The molecule has 1 aromatic carbocycles. The van der Waals surface area contributed by atoms with E-state index >= 15 is 0 Å². The molecule has 0 saturated carbocycles. The predicted octanol–water partition coefficient (Wildman–Crippen LogP) is 3.47. The van der Waals surface area contributed by atoms with Gasteiger partial charge in [-0.3, -0.25) is 9.78 Å². The lowest BCUT2D eigenvalue weighted by Crippen LogP contribution is -2.43. The first kappa shape index (κ1) is 23.1. The van der Waals surface area contributed by atoms with Crippen molar-refractivity contribution in [2.75, 3.05) is 18.8 Å². The first-order chi connectivity index (χ1) is 14.9. The van der Waals surface area contributed by atoms with E-state index in [-0.39, 0.29) is 29.9 Å². The molecule has 7 nitrogen and oxygen atoms in total. The van der Waals surface area contributed by atoms with Crippen LogP contribution in [-0.2, 0) is 21.4 Å². The highest BCUT2D eigenvalue weighted by Crippen LogP contribution is 2.25. The first-order valence-corrected chi connectivity index (χ1v) is 12.1. The van der Waals surface area contributed by atoms with E-state index < -0.39 is 15.8 Å². The molecule has 168 valence electrons. The SMILES string of the molecule is CCCCS(=O)(=O)N1CCC(C(=O)NCc2ccc(Oc3cccnc3)c(F)c2)CC1. The Balaban J connectivity index is 1.48. The van der Waals surface area contributed by atoms with Crippen LogP contribution < -0.4 is 10.1 Å². The summed E-state index contributed by atoms with van der Waals surface area (Å²) in [5, 5.41) is 2.83. The maximum Gasteiger partial charge on any atom is 0.223 e. The topological polar surface area (TPSA) is 88.6 Å². The monoisotopic (exact) mass is 449 g/mol. The number of sulfonamides is 1. The van der Waals surface area contributed by atoms with Crippen LogP contribution in [0.25, 0.3) is 0 Å². The molecule has 1 aliphatic rings. The summed E-state index contributed by atoms with van der Waals surface area (Å²) in [4.78, 5) is 16.4. The van der Waals surface area contributed by atoms with Crippen molar-refractivity contribution in [3.05, 3.63) is 54.1 Å². The molecule has 1 amide bonds. The number of nitrogens with zero attached hydrogens (tertiary/aromatic N) is 2. The molecule has 0 unspecified atom stereocenters. The van der Waals surface area contributed by atoms with Crippen LogP contribution in [0.4, 0.5) is 4.39 Å². The number of piperidine rings is 1. The Morgan fingerprint density at radius 2 is 2.06 bits per heavy atom. The van der Waals surface area contributed by atoms with Gasteiger partial charge in [-0.1, -0.05) is 19.4 Å². The number of nitrogens with one attached hydrogen (secondary N) is 1. The third-order valence-electron chi connectivity index (χ3n) is 5.30. The molecule has 1 aromatic heterocycles. The third-order valence-corrected chi connectivity index (χ3v) is 7.26. The summed E-state index contributed by atoms with van der Waals surface area (Å²) < 4.78 is 45.9. The van der Waals surface area contributed by atoms with Crippen LogP contribution in [0.3, 0.4) is 0 Å². The zero-order chi connectivity index (χ0) is 22.3. The number of pyridine rings is 1. The van der Waals surface area contributed by atoms with E-state index in [1.54, 1.807) is 24.4 Å². The Kier molecular flexibility index (Phi) is 7.97. The summed E-state index contributed by atoms with van der Waals surface area (Å²) in [5.41, 5.74) is 0.615. The van der Waals surface area contributed by atoms with Gasteiger partial charge in [0.2, 0.25) is 15.9 Å². The van der Waals surface area contributed by atoms with Crippen LogP contribution in [0.2, 0.25) is 0 Å². The number of hydrogen-bond donors (Lipinski definition) is 1. The number of carbonyl (C=O) groups is 1. The quantitative estimate of drug-likeness (QED) is 0.633. The van der Waals surface area contributed by atoms with Crippen LogP contribution in [-0.4, -0.2) is 42.5 Å². The van der Waals surface area contributed by atoms with Crippen LogP contribution in [0.5, 0.6) is 11.5 Å². The Labute approximate surface area is 182 Å². The second kappa shape index (κ2) is 10.7. The maximum atomic E-state index is 14.3. The molecule has 2 aromatic rings. The highest BCUT2D eigenvalue weighted by molar-refractivity contribution is 7.89. The fraction of sp³-hybridized carbons (Fsp3) is 0.455. The summed E-state index contributed by atoms with van der Waals surface area (Å²) in [6, 6.07) is 7.92. The fourth-order valence-corrected chi connectivity index (χ4v) is 5.14. The van der Waals surface area contributed by atoms with Crippen molar-refractivity contribution in [1.82, 2.24) is 14.6 Å². The number of hydrogen-bond acceptors (Lipinski definition) is 5. The molecule has 1 aliphatic heterocycles. The summed E-state index contributed by atoms with van der Waals surface area (Å²) >= 11 is 0. The minimum absolute atomic E-state index is 0.0831. The van der Waals surface area contributed by atoms with Gasteiger partial charge < -0.3 is 10.1 Å². The van der Waals surface area contributed by atoms with Gasteiger partial charge >= 0.3 is 0 Å². The van der Waals surface area contributed by atoms with Crippen molar-refractivity contribution >= 4 is 15.9 Å². The molecule has 1 saturated heterocycles. The maximum absolute atomic E-state index is 14.3. The molecule has 0 bridgehead atoms. The van der Waals surface area contributed by atoms with Gasteiger partial charge in [0.25, 0.3) is 0 Å². The molecular formula is C22H28FN3O4S. The van der Waals surface area contributed by atoms with Crippen LogP contribution in [0.1, 0.15) is 38.2 Å². The van der Waals surface area contributed by atoms with Gasteiger partial charge in [0.05, 0.1) is 11.9 Å². The van der Waals surface area contributed by atoms with E-state index in [4.69, 9.17) is 4.74 Å². The summed E-state index contributed by atoms with van der Waals surface area (Å²) in [6.07, 6.45) is 5.55. The van der Waals surface area contributed by atoms with Gasteiger partial charge in [0, 0.05) is 31.7 Å². The molecule has 9 heteroatoms. The standard InChI is InChI=1S/C22H28FN3O4S/c1-2-3-13-31(28,29)26-11-8-18(9-12-26)22(27)25-15-17-6-7-21(20(23)14-17)30-19-5-4-10-24-16-19/h4-7,10,14,16,18H,2-3,8-9,11-13,15H2,1H3,(H,25,27). The highest BCUT2D eigenvalue weighted by atomic mass is 32.2. The summed E-state index contributed by atoms with van der Waals surface area (Å²) in [6.45, 7) is 2.87. The van der Waals surface area contributed by atoms with Crippen molar-refractivity contribution in [1.29, 1.82) is 0 Å². The molecule has 0 atom stereocenters. The summed E-state index contributed by atoms with van der Waals surface area (Å²) in [5.74, 6) is -0.226. The van der Waals surface area contributed by atoms with Crippen molar-refractivity contribution in [3.63, 3.8) is 0 Å². The van der Waals surface area contributed by atoms with Gasteiger partial charge in [-0.25, -0.2) is 17.1 Å². The van der Waals surface area contributed by atoms with Crippen molar-refractivity contribution in [2.45, 2.75) is 39.2 Å². The molecule has 2 heterocycles. The Morgan fingerprint density at radius 1 is 1.29 bits per heavy atom. The second-order valence-electron chi connectivity index (χ2n) is 7.62. The number of rotatable bonds is 9. The second-order valence-corrected chi connectivity index (χ2v) is 9.70. The van der Waals surface area contributed by atoms with Gasteiger partial charge in [-0.2, -0.15) is 0 Å². The Bertz CT molecular complexity index is 978.